The molecule has 0 saturated heterocycles. The van der Waals surface area contributed by atoms with Gasteiger partial charge in [-0.05, 0) is 13.0 Å². The molecule has 0 aromatic carbocycles. The second-order valence-corrected chi connectivity index (χ2v) is 4.70. The molecule has 1 amide bonds. The Bertz CT molecular complexity index is 629. The second kappa shape index (κ2) is 5.23. The van der Waals surface area contributed by atoms with Gasteiger partial charge in [0.2, 0.25) is 5.76 Å². The summed E-state index contributed by atoms with van der Waals surface area (Å²) in [6, 6.07) is 1.55. The number of nitrogens with one attached hydrogen (secondary N) is 1. The van der Waals surface area contributed by atoms with Crippen LogP contribution < -0.4 is 5.32 Å². The van der Waals surface area contributed by atoms with Gasteiger partial charge in [-0.15, -0.1) is 11.3 Å². The number of rotatable bonds is 3. The number of aryl methyl sites for hydroxylation is 2. The molecule has 2 rings (SSSR count). The maximum Gasteiger partial charge on any atom is 0.338 e. The van der Waals surface area contributed by atoms with Crippen molar-refractivity contribution in [2.75, 3.05) is 12.4 Å². The van der Waals surface area contributed by atoms with Gasteiger partial charge in [0.25, 0.3) is 5.91 Å². The first-order chi connectivity index (χ1) is 9.01. The lowest BCUT2D eigenvalue weighted by Gasteiger charge is -1.99. The minimum atomic E-state index is -0.441. The Morgan fingerprint density at radius 3 is 2.74 bits per heavy atom. The Hall–Kier alpha value is -2.15. The average molecular weight is 280 g/mol. The quantitative estimate of drug-likeness (QED) is 0.873. The number of oxazole rings is 1. The molecule has 100 valence electrons. The number of thiophene rings is 1. The molecular formula is C12H12N2O4S. The van der Waals surface area contributed by atoms with E-state index in [-0.39, 0.29) is 5.76 Å². The van der Waals surface area contributed by atoms with Gasteiger partial charge in [-0.2, -0.15) is 0 Å². The first-order valence-corrected chi connectivity index (χ1v) is 6.31. The Kier molecular flexibility index (Phi) is 3.66. The minimum absolute atomic E-state index is 0.172. The molecule has 0 spiro atoms. The van der Waals surface area contributed by atoms with E-state index in [4.69, 9.17) is 4.42 Å². The van der Waals surface area contributed by atoms with Crippen molar-refractivity contribution in [3.05, 3.63) is 34.4 Å². The van der Waals surface area contributed by atoms with Crippen molar-refractivity contribution in [3.8, 4) is 0 Å². The van der Waals surface area contributed by atoms with E-state index in [0.29, 0.717) is 22.1 Å². The predicted molar refractivity (Wildman–Crippen MR) is 69.6 cm³/mol. The van der Waals surface area contributed by atoms with Crippen molar-refractivity contribution < 1.29 is 18.7 Å². The fourth-order valence-corrected chi connectivity index (χ4v) is 2.30. The van der Waals surface area contributed by atoms with E-state index in [1.54, 1.807) is 25.3 Å². The molecule has 1 N–H and O–H groups in total. The second-order valence-electron chi connectivity index (χ2n) is 3.79. The normalized spacial score (nSPS) is 10.3. The summed E-state index contributed by atoms with van der Waals surface area (Å²) < 4.78 is 9.80. The molecule has 0 fully saturated rings. The lowest BCUT2D eigenvalue weighted by molar-refractivity contribution is 0.0601. The third-order valence-corrected chi connectivity index (χ3v) is 3.21. The molecule has 0 bridgehead atoms. The van der Waals surface area contributed by atoms with E-state index < -0.39 is 11.9 Å². The van der Waals surface area contributed by atoms with Crippen molar-refractivity contribution in [1.29, 1.82) is 0 Å². The van der Waals surface area contributed by atoms with E-state index in [1.807, 2.05) is 0 Å². The number of aromatic nitrogens is 1. The van der Waals surface area contributed by atoms with Crippen LogP contribution >= 0.6 is 11.3 Å². The summed E-state index contributed by atoms with van der Waals surface area (Å²) in [5, 5.41) is 4.80. The number of ether oxygens (including phenoxy) is 1. The Balaban J connectivity index is 2.13. The molecule has 0 radical (unpaired) electrons. The molecule has 6 nitrogen and oxygen atoms in total. The molecule has 0 aliphatic carbocycles. The largest absolute Gasteiger partial charge is 0.465 e. The van der Waals surface area contributed by atoms with Crippen LogP contribution in [0.3, 0.4) is 0 Å². The van der Waals surface area contributed by atoms with E-state index >= 15 is 0 Å². The fourth-order valence-electron chi connectivity index (χ4n) is 1.54. The highest BCUT2D eigenvalue weighted by atomic mass is 32.1. The zero-order valence-electron chi connectivity index (χ0n) is 10.6. The van der Waals surface area contributed by atoms with E-state index in [1.165, 1.54) is 18.4 Å². The monoisotopic (exact) mass is 280 g/mol. The average Bonchev–Trinajstić information content (AvgIpc) is 2.95. The maximum absolute atomic E-state index is 11.9. The first kappa shape index (κ1) is 13.3. The maximum atomic E-state index is 11.9. The van der Waals surface area contributed by atoms with Crippen LogP contribution in [0.15, 0.2) is 15.9 Å². The lowest BCUT2D eigenvalue weighted by atomic mass is 10.3. The van der Waals surface area contributed by atoms with E-state index in [2.05, 4.69) is 15.0 Å². The van der Waals surface area contributed by atoms with Gasteiger partial charge in [-0.3, -0.25) is 4.79 Å². The number of hydrogen-bond acceptors (Lipinski definition) is 6. The van der Waals surface area contributed by atoms with Crippen molar-refractivity contribution in [3.63, 3.8) is 0 Å². The Morgan fingerprint density at radius 2 is 2.16 bits per heavy atom. The Labute approximate surface area is 113 Å². The zero-order chi connectivity index (χ0) is 14.0. The van der Waals surface area contributed by atoms with Crippen LogP contribution in [0, 0.1) is 13.8 Å². The number of amides is 1. The lowest BCUT2D eigenvalue weighted by Crippen LogP contribution is -2.11. The number of esters is 1. The number of carbonyl (C=O) groups excluding carboxylic acids is 2. The third-order valence-electron chi connectivity index (χ3n) is 2.37. The van der Waals surface area contributed by atoms with Crippen LogP contribution in [-0.4, -0.2) is 24.0 Å². The van der Waals surface area contributed by atoms with Gasteiger partial charge in [0.05, 0.1) is 23.4 Å². The molecule has 2 aromatic rings. The van der Waals surface area contributed by atoms with Gasteiger partial charge in [-0.25, -0.2) is 9.78 Å². The third kappa shape index (κ3) is 2.82. The minimum Gasteiger partial charge on any atom is -0.465 e. The van der Waals surface area contributed by atoms with Crippen LogP contribution in [0.5, 0.6) is 0 Å². The highest BCUT2D eigenvalue weighted by molar-refractivity contribution is 7.14. The highest BCUT2D eigenvalue weighted by Crippen LogP contribution is 2.22. The predicted octanol–water partition coefficient (Wildman–Crippen LogP) is 2.39. The Morgan fingerprint density at radius 1 is 1.42 bits per heavy atom. The summed E-state index contributed by atoms with van der Waals surface area (Å²) in [4.78, 5) is 27.2. The first-order valence-electron chi connectivity index (χ1n) is 5.43. The summed E-state index contributed by atoms with van der Waals surface area (Å²) >= 11 is 1.23. The standard InChI is InChI=1S/C12H12N2O4S/c1-6-10(18-7(2)13-6)11(15)14-9-4-8(5-19-9)12(16)17-3/h4-5H,1-3H3,(H,14,15). The van der Waals surface area contributed by atoms with Crippen molar-refractivity contribution >= 4 is 28.2 Å². The topological polar surface area (TPSA) is 81.4 Å². The summed E-state index contributed by atoms with van der Waals surface area (Å²) in [6.07, 6.45) is 0. The number of nitrogens with zero attached hydrogens (tertiary/aromatic N) is 1. The molecule has 2 heterocycles. The van der Waals surface area contributed by atoms with Crippen LogP contribution in [0.2, 0.25) is 0 Å². The summed E-state index contributed by atoms with van der Waals surface area (Å²) in [6.45, 7) is 3.37. The van der Waals surface area contributed by atoms with Gasteiger partial charge >= 0.3 is 5.97 Å². The molecule has 7 heteroatoms. The van der Waals surface area contributed by atoms with Crippen LogP contribution in [0.25, 0.3) is 0 Å². The summed E-state index contributed by atoms with van der Waals surface area (Å²) in [5.74, 6) is -0.227. The van der Waals surface area contributed by atoms with Crippen LogP contribution in [0.1, 0.15) is 32.5 Å². The smallest absolute Gasteiger partial charge is 0.338 e. The zero-order valence-corrected chi connectivity index (χ0v) is 11.5. The van der Waals surface area contributed by atoms with Crippen LogP contribution in [0.4, 0.5) is 5.00 Å². The van der Waals surface area contributed by atoms with E-state index in [9.17, 15) is 9.59 Å². The fraction of sp³-hybridized carbons (Fsp3) is 0.250. The summed E-state index contributed by atoms with van der Waals surface area (Å²) in [5.41, 5.74) is 0.924. The van der Waals surface area contributed by atoms with Gasteiger partial charge in [0.15, 0.2) is 5.89 Å². The molecular weight excluding hydrogens is 268 g/mol. The number of hydrogen-bond donors (Lipinski definition) is 1. The van der Waals surface area contributed by atoms with Crippen molar-refractivity contribution in [1.82, 2.24) is 4.98 Å². The van der Waals surface area contributed by atoms with Crippen LogP contribution in [-0.2, 0) is 4.74 Å². The molecule has 0 unspecified atom stereocenters. The van der Waals surface area contributed by atoms with Gasteiger partial charge in [0.1, 0.15) is 0 Å². The molecule has 0 atom stereocenters. The van der Waals surface area contributed by atoms with Gasteiger partial charge < -0.3 is 14.5 Å². The molecule has 0 aliphatic rings. The summed E-state index contributed by atoms with van der Waals surface area (Å²) in [7, 11) is 1.30. The number of anilines is 1. The molecule has 0 saturated carbocycles. The molecule has 2 aromatic heterocycles. The number of methoxy groups -OCH3 is 1. The SMILES string of the molecule is COC(=O)c1csc(NC(=O)c2oc(C)nc2C)c1. The van der Waals surface area contributed by atoms with Crippen molar-refractivity contribution in [2.24, 2.45) is 0 Å². The molecule has 19 heavy (non-hydrogen) atoms. The van der Waals surface area contributed by atoms with Crippen molar-refractivity contribution in [2.45, 2.75) is 13.8 Å². The van der Waals surface area contributed by atoms with E-state index in [0.717, 1.165) is 0 Å². The van der Waals surface area contributed by atoms with Gasteiger partial charge in [-0.1, -0.05) is 0 Å². The molecule has 0 aliphatic heterocycles. The highest BCUT2D eigenvalue weighted by Gasteiger charge is 2.17. The number of carbonyl (C=O) groups is 2. The van der Waals surface area contributed by atoms with Gasteiger partial charge in [0, 0.05) is 12.3 Å².